The lowest BCUT2D eigenvalue weighted by molar-refractivity contribution is -0.917. The monoisotopic (exact) mass is 417 g/mol. The zero-order valence-electron chi connectivity index (χ0n) is 16.4. The fourth-order valence-corrected chi connectivity index (χ4v) is 5.28. The number of sulfonamides is 1. The van der Waals surface area contributed by atoms with Crippen LogP contribution < -0.4 is 4.90 Å². The predicted molar refractivity (Wildman–Crippen MR) is 104 cm³/mol. The van der Waals surface area contributed by atoms with Gasteiger partial charge in [0.05, 0.1) is 29.0 Å². The average molecular weight is 418 g/mol. The summed E-state index contributed by atoms with van der Waals surface area (Å²) in [5.41, 5.74) is 1.49. The number of quaternary nitrogens is 1. The van der Waals surface area contributed by atoms with E-state index in [0.29, 0.717) is 48.3 Å². The number of hydrogen-bond donors (Lipinski definition) is 1. The molecular weight excluding hydrogens is 391 g/mol. The molecule has 1 unspecified atom stereocenters. The van der Waals surface area contributed by atoms with Gasteiger partial charge in [-0.1, -0.05) is 31.5 Å². The summed E-state index contributed by atoms with van der Waals surface area (Å²) in [5, 5.41) is 4.80. The van der Waals surface area contributed by atoms with Crippen molar-refractivity contribution < 1.29 is 17.7 Å². The molecule has 0 fully saturated rings. The third kappa shape index (κ3) is 4.51. The molecule has 0 spiro atoms. The number of aryl methyl sites for hydroxylation is 1. The number of halogens is 2. The third-order valence-electron chi connectivity index (χ3n) is 4.58. The average Bonchev–Trinajstić information content (AvgIpc) is 2.86. The molecule has 0 bridgehead atoms. The smallest absolute Gasteiger partial charge is 0.246 e. The van der Waals surface area contributed by atoms with Crippen LogP contribution in [0.3, 0.4) is 0 Å². The van der Waals surface area contributed by atoms with E-state index in [4.69, 9.17) is 11.6 Å². The van der Waals surface area contributed by atoms with Crippen LogP contribution in [0.4, 0.5) is 4.39 Å². The van der Waals surface area contributed by atoms with Gasteiger partial charge in [-0.25, -0.2) is 17.5 Å². The normalized spacial score (nSPS) is 13.3. The van der Waals surface area contributed by atoms with Gasteiger partial charge in [0.1, 0.15) is 17.3 Å². The van der Waals surface area contributed by atoms with Crippen molar-refractivity contribution in [2.75, 3.05) is 20.1 Å². The van der Waals surface area contributed by atoms with Crippen LogP contribution in [0.2, 0.25) is 5.02 Å². The molecule has 1 N–H and O–H groups in total. The molecule has 1 aromatic heterocycles. The van der Waals surface area contributed by atoms with E-state index >= 15 is 0 Å². The standard InChI is InChI=1S/C18H26ClFN4O2S/c1-6-23(7-2)27(25,26)18-13(3)21-24(14(18)4)12-22(5)11-15-16(19)9-8-10-17(15)20/h8-10H,6-7,11-12H2,1-5H3/p+1. The Bertz CT molecular complexity index is 890. The lowest BCUT2D eigenvalue weighted by atomic mass is 10.2. The molecule has 150 valence electrons. The fourth-order valence-electron chi connectivity index (χ4n) is 3.21. The Morgan fingerprint density at radius 2 is 1.89 bits per heavy atom. The maximum Gasteiger partial charge on any atom is 0.246 e. The topological polar surface area (TPSA) is 59.6 Å². The number of nitrogens with one attached hydrogen (secondary N) is 1. The molecule has 0 aliphatic carbocycles. The van der Waals surface area contributed by atoms with Crippen molar-refractivity contribution >= 4 is 21.6 Å². The van der Waals surface area contributed by atoms with Crippen LogP contribution in [0.15, 0.2) is 23.1 Å². The van der Waals surface area contributed by atoms with Crippen LogP contribution in [0.1, 0.15) is 30.8 Å². The molecule has 0 radical (unpaired) electrons. The van der Waals surface area contributed by atoms with E-state index in [1.807, 2.05) is 20.9 Å². The fraction of sp³-hybridized carbons (Fsp3) is 0.500. The Hall–Kier alpha value is -1.48. The maximum absolute atomic E-state index is 14.0. The van der Waals surface area contributed by atoms with Crippen LogP contribution >= 0.6 is 11.6 Å². The number of benzene rings is 1. The molecule has 2 aromatic rings. The van der Waals surface area contributed by atoms with Gasteiger partial charge in [-0.05, 0) is 26.0 Å². The Balaban J connectivity index is 2.29. The molecule has 1 heterocycles. The van der Waals surface area contributed by atoms with Gasteiger partial charge in [0, 0.05) is 13.1 Å². The van der Waals surface area contributed by atoms with Gasteiger partial charge in [-0.2, -0.15) is 9.40 Å². The van der Waals surface area contributed by atoms with Crippen LogP contribution in [0, 0.1) is 19.7 Å². The first-order valence-electron chi connectivity index (χ1n) is 8.91. The van der Waals surface area contributed by atoms with Gasteiger partial charge in [0.15, 0.2) is 6.67 Å². The second-order valence-electron chi connectivity index (χ2n) is 6.58. The van der Waals surface area contributed by atoms with E-state index in [-0.39, 0.29) is 10.7 Å². The van der Waals surface area contributed by atoms with Crippen molar-refractivity contribution in [2.24, 2.45) is 0 Å². The van der Waals surface area contributed by atoms with Crippen LogP contribution in [0.5, 0.6) is 0 Å². The lowest BCUT2D eigenvalue weighted by Gasteiger charge is -2.19. The molecule has 27 heavy (non-hydrogen) atoms. The van der Waals surface area contributed by atoms with E-state index in [1.54, 1.807) is 30.7 Å². The maximum atomic E-state index is 14.0. The van der Waals surface area contributed by atoms with Crippen molar-refractivity contribution in [1.29, 1.82) is 0 Å². The molecule has 0 aliphatic rings. The molecule has 1 atom stereocenters. The van der Waals surface area contributed by atoms with Crippen LogP contribution in [0.25, 0.3) is 0 Å². The van der Waals surface area contributed by atoms with Crippen molar-refractivity contribution in [3.63, 3.8) is 0 Å². The second-order valence-corrected chi connectivity index (χ2v) is 8.86. The minimum Gasteiger partial charge on any atom is -0.315 e. The summed E-state index contributed by atoms with van der Waals surface area (Å²) in [6, 6.07) is 4.61. The highest BCUT2D eigenvalue weighted by atomic mass is 35.5. The summed E-state index contributed by atoms with van der Waals surface area (Å²) in [6.07, 6.45) is 0. The first kappa shape index (κ1) is 21.8. The number of rotatable bonds is 8. The van der Waals surface area contributed by atoms with E-state index in [1.165, 1.54) is 10.4 Å². The first-order chi connectivity index (χ1) is 12.6. The molecule has 0 saturated heterocycles. The molecule has 2 rings (SSSR count). The molecule has 6 nitrogen and oxygen atoms in total. The van der Waals surface area contributed by atoms with E-state index in [0.717, 1.165) is 4.90 Å². The first-order valence-corrected chi connectivity index (χ1v) is 10.7. The quantitative estimate of drug-likeness (QED) is 0.714. The summed E-state index contributed by atoms with van der Waals surface area (Å²) in [6.45, 7) is 8.63. The summed E-state index contributed by atoms with van der Waals surface area (Å²) >= 11 is 6.10. The van der Waals surface area contributed by atoms with Gasteiger partial charge >= 0.3 is 0 Å². The lowest BCUT2D eigenvalue weighted by Crippen LogP contribution is -3.07. The second kappa shape index (κ2) is 8.68. The summed E-state index contributed by atoms with van der Waals surface area (Å²) < 4.78 is 42.9. The highest BCUT2D eigenvalue weighted by molar-refractivity contribution is 7.89. The summed E-state index contributed by atoms with van der Waals surface area (Å²) in [7, 11) is -1.70. The van der Waals surface area contributed by atoms with E-state index in [2.05, 4.69) is 5.10 Å². The van der Waals surface area contributed by atoms with Crippen molar-refractivity contribution in [3.8, 4) is 0 Å². The molecule has 0 aliphatic heterocycles. The Morgan fingerprint density at radius 3 is 2.44 bits per heavy atom. The Labute approximate surface area is 165 Å². The van der Waals surface area contributed by atoms with Crippen molar-refractivity contribution in [2.45, 2.75) is 45.8 Å². The van der Waals surface area contributed by atoms with Crippen LogP contribution in [-0.2, 0) is 23.2 Å². The van der Waals surface area contributed by atoms with Gasteiger partial charge in [0.2, 0.25) is 10.0 Å². The summed E-state index contributed by atoms with van der Waals surface area (Å²) in [5.74, 6) is -0.347. The third-order valence-corrected chi connectivity index (χ3v) is 7.24. The zero-order chi connectivity index (χ0) is 20.4. The zero-order valence-corrected chi connectivity index (χ0v) is 18.0. The van der Waals surface area contributed by atoms with Gasteiger partial charge in [-0.3, -0.25) is 0 Å². The van der Waals surface area contributed by atoms with Gasteiger partial charge in [0.25, 0.3) is 0 Å². The molecule has 0 amide bonds. The predicted octanol–water partition coefficient (Wildman–Crippen LogP) is 2.00. The van der Waals surface area contributed by atoms with E-state index < -0.39 is 10.0 Å². The Kier molecular flexibility index (Phi) is 7.02. The number of hydrogen-bond acceptors (Lipinski definition) is 3. The minimum absolute atomic E-state index is 0.253. The van der Waals surface area contributed by atoms with Crippen LogP contribution in [-0.4, -0.2) is 42.6 Å². The number of aromatic nitrogens is 2. The van der Waals surface area contributed by atoms with Gasteiger partial charge < -0.3 is 4.90 Å². The largest absolute Gasteiger partial charge is 0.315 e. The minimum atomic E-state index is -3.59. The van der Waals surface area contributed by atoms with Crippen molar-refractivity contribution in [3.05, 3.63) is 46.0 Å². The van der Waals surface area contributed by atoms with Gasteiger partial charge in [-0.15, -0.1) is 0 Å². The number of nitrogens with zero attached hydrogens (tertiary/aromatic N) is 3. The molecule has 0 saturated carbocycles. The summed E-state index contributed by atoms with van der Waals surface area (Å²) in [4.78, 5) is 1.18. The molecule has 1 aromatic carbocycles. The van der Waals surface area contributed by atoms with Crippen molar-refractivity contribution in [1.82, 2.24) is 14.1 Å². The highest BCUT2D eigenvalue weighted by Crippen LogP contribution is 2.23. The molecule has 9 heteroatoms. The molecular formula is C18H27ClFN4O2S+. The SMILES string of the molecule is CCN(CC)S(=O)(=O)c1c(C)nn(C[NH+](C)Cc2c(F)cccc2Cl)c1C. The van der Waals surface area contributed by atoms with E-state index in [9.17, 15) is 12.8 Å². The Morgan fingerprint density at radius 1 is 1.26 bits per heavy atom. The highest BCUT2D eigenvalue weighted by Gasteiger charge is 2.29.